The molecule has 2 heterocycles. The van der Waals surface area contributed by atoms with Gasteiger partial charge in [0.15, 0.2) is 5.75 Å². The van der Waals surface area contributed by atoms with E-state index in [9.17, 15) is 9.59 Å². The second kappa shape index (κ2) is 11.1. The van der Waals surface area contributed by atoms with Crippen LogP contribution < -0.4 is 10.1 Å². The van der Waals surface area contributed by atoms with Crippen LogP contribution in [-0.4, -0.2) is 58.4 Å². The lowest BCUT2D eigenvalue weighted by Crippen LogP contribution is -2.51. The Balaban J connectivity index is 1.64. The summed E-state index contributed by atoms with van der Waals surface area (Å²) < 4.78 is 6.56. The molecule has 0 saturated heterocycles. The molecule has 1 aliphatic heterocycles. The molecule has 1 aliphatic rings. The van der Waals surface area contributed by atoms with Crippen molar-refractivity contribution in [2.45, 2.75) is 45.5 Å². The smallest absolute Gasteiger partial charge is 0.258 e. The minimum atomic E-state index is -0.325. The molecule has 0 radical (unpaired) electrons. The summed E-state index contributed by atoms with van der Waals surface area (Å²) in [7, 11) is 2.02. The van der Waals surface area contributed by atoms with Crippen LogP contribution in [0.3, 0.4) is 0 Å². The first-order chi connectivity index (χ1) is 17.2. The number of halogens is 1. The van der Waals surface area contributed by atoms with E-state index < -0.39 is 0 Å². The van der Waals surface area contributed by atoms with Gasteiger partial charge in [-0.25, -0.2) is 0 Å². The Morgan fingerprint density at radius 3 is 2.50 bits per heavy atom. The maximum absolute atomic E-state index is 13.6. The number of benzene rings is 2. The molecule has 0 aliphatic carbocycles. The average Bonchev–Trinajstić information content (AvgIpc) is 2.96. The summed E-state index contributed by atoms with van der Waals surface area (Å²) in [6.45, 7) is 7.30. The number of nitrogens with one attached hydrogen (secondary N) is 1. The summed E-state index contributed by atoms with van der Waals surface area (Å²) in [6.07, 6.45) is 2.80. The summed E-state index contributed by atoms with van der Waals surface area (Å²) >= 11 is 6.03. The number of pyridine rings is 1. The van der Waals surface area contributed by atoms with Crippen molar-refractivity contribution in [2.75, 3.05) is 18.9 Å². The summed E-state index contributed by atoms with van der Waals surface area (Å²) in [4.78, 5) is 34.5. The Morgan fingerprint density at radius 1 is 1.14 bits per heavy atom. The van der Waals surface area contributed by atoms with Crippen molar-refractivity contribution in [3.05, 3.63) is 88.7 Å². The fourth-order valence-corrected chi connectivity index (χ4v) is 4.68. The minimum absolute atomic E-state index is 0.0267. The summed E-state index contributed by atoms with van der Waals surface area (Å²) in [5, 5.41) is 3.62. The first kappa shape index (κ1) is 25.7. The SMILES string of the molecule is CC(C)N1C(=O)c2cccc(NC(=O)c3ccncc3)c2O[C@H](CN(C)Cc2ccc(Cl)cc2)[C@H]1C. The Bertz CT molecular complexity index is 1220. The van der Waals surface area contributed by atoms with Crippen molar-refractivity contribution in [2.24, 2.45) is 0 Å². The van der Waals surface area contributed by atoms with E-state index in [1.54, 1.807) is 42.7 Å². The lowest BCUT2D eigenvalue weighted by molar-refractivity contribution is 0.0374. The number of carbonyl (C=O) groups excluding carboxylic acids is 2. The van der Waals surface area contributed by atoms with Crippen LogP contribution in [0.4, 0.5) is 5.69 Å². The van der Waals surface area contributed by atoms with Crippen molar-refractivity contribution < 1.29 is 14.3 Å². The fraction of sp³-hybridized carbons (Fsp3) is 0.321. The van der Waals surface area contributed by atoms with Crippen LogP contribution in [0.15, 0.2) is 67.0 Å². The van der Waals surface area contributed by atoms with E-state index in [1.807, 2.05) is 57.0 Å². The van der Waals surface area contributed by atoms with Crippen molar-refractivity contribution in [1.82, 2.24) is 14.8 Å². The van der Waals surface area contributed by atoms with Crippen LogP contribution in [-0.2, 0) is 6.54 Å². The van der Waals surface area contributed by atoms with Gasteiger partial charge in [-0.1, -0.05) is 29.8 Å². The van der Waals surface area contributed by atoms with E-state index in [0.29, 0.717) is 40.7 Å². The van der Waals surface area contributed by atoms with E-state index in [2.05, 4.69) is 15.2 Å². The monoisotopic (exact) mass is 506 g/mol. The van der Waals surface area contributed by atoms with Gasteiger partial charge in [-0.15, -0.1) is 0 Å². The van der Waals surface area contributed by atoms with Gasteiger partial charge in [0.05, 0.1) is 17.3 Å². The molecule has 2 aromatic carbocycles. The fourth-order valence-electron chi connectivity index (χ4n) is 4.55. The first-order valence-electron chi connectivity index (χ1n) is 12.0. The number of nitrogens with zero attached hydrogens (tertiary/aromatic N) is 3. The lowest BCUT2D eigenvalue weighted by atomic mass is 10.1. The molecule has 3 aromatic rings. The minimum Gasteiger partial charge on any atom is -0.484 e. The summed E-state index contributed by atoms with van der Waals surface area (Å²) in [5.74, 6) is -0.0172. The van der Waals surface area contributed by atoms with Crippen LogP contribution in [0.1, 0.15) is 47.1 Å². The van der Waals surface area contributed by atoms with Crippen molar-refractivity contribution >= 4 is 29.1 Å². The maximum atomic E-state index is 13.6. The molecule has 188 valence electrons. The molecule has 8 heteroatoms. The zero-order valence-electron chi connectivity index (χ0n) is 20.9. The van der Waals surface area contributed by atoms with Gasteiger partial charge >= 0.3 is 0 Å². The quantitative estimate of drug-likeness (QED) is 0.481. The highest BCUT2D eigenvalue weighted by atomic mass is 35.5. The molecule has 0 bridgehead atoms. The Labute approximate surface area is 217 Å². The van der Waals surface area contributed by atoms with Crippen LogP contribution in [0.2, 0.25) is 5.02 Å². The van der Waals surface area contributed by atoms with Gasteiger partial charge in [0.25, 0.3) is 11.8 Å². The highest BCUT2D eigenvalue weighted by molar-refractivity contribution is 6.30. The molecule has 1 aromatic heterocycles. The van der Waals surface area contributed by atoms with Gasteiger partial charge in [-0.3, -0.25) is 19.5 Å². The third-order valence-corrected chi connectivity index (χ3v) is 6.58. The number of rotatable bonds is 7. The number of anilines is 1. The number of carbonyl (C=O) groups is 2. The first-order valence-corrected chi connectivity index (χ1v) is 12.4. The molecule has 0 unspecified atom stereocenters. The highest BCUT2D eigenvalue weighted by Gasteiger charge is 2.38. The van der Waals surface area contributed by atoms with Gasteiger partial charge < -0.3 is 15.0 Å². The maximum Gasteiger partial charge on any atom is 0.258 e. The number of likely N-dealkylation sites (N-methyl/N-ethyl adjacent to an activating group) is 1. The van der Waals surface area contributed by atoms with E-state index in [0.717, 1.165) is 5.56 Å². The standard InChI is InChI=1S/C28H31ClN4O3/c1-18(2)33-19(3)25(17-32(4)16-20-8-10-22(29)11-9-20)36-26-23(28(33)35)6-5-7-24(26)31-27(34)21-12-14-30-15-13-21/h5-15,18-19,25H,16-17H2,1-4H3,(H,31,34)/t19-,25-/m1/s1. The van der Waals surface area contributed by atoms with Gasteiger partial charge in [0, 0.05) is 42.1 Å². The number of fused-ring (bicyclic) bond motifs is 1. The van der Waals surface area contributed by atoms with Crippen molar-refractivity contribution in [3.8, 4) is 5.75 Å². The Hall–Kier alpha value is -3.42. The van der Waals surface area contributed by atoms with Crippen molar-refractivity contribution in [1.29, 1.82) is 0 Å². The van der Waals surface area contributed by atoms with Crippen LogP contribution in [0.25, 0.3) is 0 Å². The van der Waals surface area contributed by atoms with E-state index in [1.165, 1.54) is 0 Å². The van der Waals surface area contributed by atoms with E-state index >= 15 is 0 Å². The highest BCUT2D eigenvalue weighted by Crippen LogP contribution is 2.36. The van der Waals surface area contributed by atoms with Gasteiger partial charge in [0.1, 0.15) is 6.10 Å². The molecular formula is C28H31ClN4O3. The number of aromatic nitrogens is 1. The van der Waals surface area contributed by atoms with Crippen LogP contribution in [0, 0.1) is 0 Å². The molecule has 0 saturated carbocycles. The molecule has 7 nitrogen and oxygen atoms in total. The number of hydrogen-bond acceptors (Lipinski definition) is 5. The number of ether oxygens (including phenoxy) is 1. The summed E-state index contributed by atoms with van der Waals surface area (Å²) in [5.41, 5.74) is 2.50. The summed E-state index contributed by atoms with van der Waals surface area (Å²) in [6, 6.07) is 16.1. The molecule has 2 atom stereocenters. The second-order valence-corrected chi connectivity index (χ2v) is 9.84. The number of amides is 2. The predicted octanol–water partition coefficient (Wildman–Crippen LogP) is 5.12. The lowest BCUT2D eigenvalue weighted by Gasteiger charge is -2.36. The molecular weight excluding hydrogens is 476 g/mol. The normalized spacial score (nSPS) is 17.5. The molecule has 4 rings (SSSR count). The largest absolute Gasteiger partial charge is 0.484 e. The molecule has 2 amide bonds. The van der Waals surface area contributed by atoms with Crippen molar-refractivity contribution in [3.63, 3.8) is 0 Å². The van der Waals surface area contributed by atoms with Gasteiger partial charge in [0.2, 0.25) is 0 Å². The van der Waals surface area contributed by atoms with E-state index in [-0.39, 0.29) is 30.0 Å². The molecule has 0 fully saturated rings. The Morgan fingerprint density at radius 2 is 1.83 bits per heavy atom. The Kier molecular flexibility index (Phi) is 7.91. The zero-order chi connectivity index (χ0) is 25.8. The van der Waals surface area contributed by atoms with Crippen LogP contribution in [0.5, 0.6) is 5.75 Å². The number of para-hydroxylation sites is 1. The zero-order valence-corrected chi connectivity index (χ0v) is 21.7. The third kappa shape index (κ3) is 5.69. The average molecular weight is 507 g/mol. The second-order valence-electron chi connectivity index (χ2n) is 9.40. The number of hydrogen-bond donors (Lipinski definition) is 1. The van der Waals surface area contributed by atoms with Crippen LogP contribution >= 0.6 is 11.6 Å². The van der Waals surface area contributed by atoms with Gasteiger partial charge in [-0.2, -0.15) is 0 Å². The van der Waals surface area contributed by atoms with Gasteiger partial charge in [-0.05, 0) is 69.8 Å². The molecule has 1 N–H and O–H groups in total. The predicted molar refractivity (Wildman–Crippen MR) is 142 cm³/mol. The third-order valence-electron chi connectivity index (χ3n) is 6.33. The molecule has 36 heavy (non-hydrogen) atoms. The topological polar surface area (TPSA) is 74.8 Å². The van der Waals surface area contributed by atoms with E-state index in [4.69, 9.17) is 16.3 Å². The molecule has 0 spiro atoms.